The van der Waals surface area contributed by atoms with Crippen LogP contribution in [0.1, 0.15) is 25.7 Å². The van der Waals surface area contributed by atoms with Crippen LogP contribution in [0, 0.1) is 0 Å². The van der Waals surface area contributed by atoms with Crippen molar-refractivity contribution in [2.45, 2.75) is 31.2 Å². The maximum absolute atomic E-state index is 12.7. The molecule has 19 heavy (non-hydrogen) atoms. The van der Waals surface area contributed by atoms with Gasteiger partial charge in [-0.2, -0.15) is 0 Å². The molecule has 5 heteroatoms. The minimum absolute atomic E-state index is 0.00753. The Hall–Kier alpha value is -1.55. The highest BCUT2D eigenvalue weighted by Gasteiger charge is 2.48. The number of halogens is 1. The molecule has 2 fully saturated rings. The molecule has 4 nitrogen and oxygen atoms in total. The first-order valence-electron chi connectivity index (χ1n) is 6.49. The maximum atomic E-state index is 12.7. The molecule has 1 aliphatic heterocycles. The van der Waals surface area contributed by atoms with Crippen molar-refractivity contribution in [3.63, 3.8) is 0 Å². The van der Waals surface area contributed by atoms with Crippen molar-refractivity contribution in [1.82, 2.24) is 5.32 Å². The van der Waals surface area contributed by atoms with Gasteiger partial charge >= 0.3 is 0 Å². The van der Waals surface area contributed by atoms with E-state index in [1.165, 1.54) is 0 Å². The van der Waals surface area contributed by atoms with Crippen molar-refractivity contribution in [1.29, 1.82) is 0 Å². The summed E-state index contributed by atoms with van der Waals surface area (Å²) in [5.41, 5.74) is 0.0103. The van der Waals surface area contributed by atoms with E-state index in [9.17, 15) is 9.59 Å². The van der Waals surface area contributed by atoms with Gasteiger partial charge in [0.1, 0.15) is 12.1 Å². The van der Waals surface area contributed by atoms with Crippen molar-refractivity contribution in [3.8, 4) is 0 Å². The van der Waals surface area contributed by atoms with Gasteiger partial charge in [0, 0.05) is 10.7 Å². The minimum atomic E-state index is -0.683. The topological polar surface area (TPSA) is 49.4 Å². The molecule has 0 atom stereocenters. The van der Waals surface area contributed by atoms with Gasteiger partial charge < -0.3 is 10.2 Å². The number of nitrogens with one attached hydrogen (secondary N) is 1. The number of piperazine rings is 1. The fourth-order valence-corrected chi connectivity index (χ4v) is 3.19. The summed E-state index contributed by atoms with van der Waals surface area (Å²) in [5, 5.41) is 3.46. The lowest BCUT2D eigenvalue weighted by atomic mass is 9.92. The molecule has 1 heterocycles. The molecule has 100 valence electrons. The Balaban J connectivity index is 1.97. The summed E-state index contributed by atoms with van der Waals surface area (Å²) in [6, 6.07) is 7.08. The average Bonchev–Trinajstić information content (AvgIpc) is 2.83. The molecule has 2 aliphatic rings. The van der Waals surface area contributed by atoms with E-state index >= 15 is 0 Å². The highest BCUT2D eigenvalue weighted by Crippen LogP contribution is 2.35. The van der Waals surface area contributed by atoms with E-state index in [1.807, 2.05) is 6.07 Å². The molecule has 1 N–H and O–H groups in total. The average molecular weight is 279 g/mol. The summed E-state index contributed by atoms with van der Waals surface area (Å²) in [7, 11) is 0. The fraction of sp³-hybridized carbons (Fsp3) is 0.429. The van der Waals surface area contributed by atoms with Crippen LogP contribution in [-0.4, -0.2) is 23.9 Å². The van der Waals surface area contributed by atoms with Gasteiger partial charge in [-0.05, 0) is 31.0 Å². The fourth-order valence-electron chi connectivity index (χ4n) is 3.00. The van der Waals surface area contributed by atoms with Crippen molar-refractivity contribution in [2.75, 3.05) is 11.4 Å². The second-order valence-electron chi connectivity index (χ2n) is 5.21. The summed E-state index contributed by atoms with van der Waals surface area (Å²) in [6.45, 7) is 0.0704. The number of benzene rings is 1. The van der Waals surface area contributed by atoms with Crippen LogP contribution in [0.15, 0.2) is 24.3 Å². The lowest BCUT2D eigenvalue weighted by molar-refractivity contribution is -0.135. The van der Waals surface area contributed by atoms with Gasteiger partial charge in [-0.3, -0.25) is 9.59 Å². The number of hydrogen-bond acceptors (Lipinski definition) is 2. The van der Waals surface area contributed by atoms with E-state index in [0.717, 1.165) is 25.7 Å². The summed E-state index contributed by atoms with van der Waals surface area (Å²) in [4.78, 5) is 26.1. The van der Waals surface area contributed by atoms with Crippen molar-refractivity contribution in [2.24, 2.45) is 0 Å². The molecule has 1 spiro atoms. The van der Waals surface area contributed by atoms with Crippen LogP contribution in [0.2, 0.25) is 5.02 Å². The number of anilines is 1. The zero-order valence-corrected chi connectivity index (χ0v) is 11.2. The van der Waals surface area contributed by atoms with Crippen molar-refractivity contribution in [3.05, 3.63) is 29.3 Å². The van der Waals surface area contributed by atoms with E-state index in [1.54, 1.807) is 23.1 Å². The largest absolute Gasteiger partial charge is 0.340 e. The molecule has 0 radical (unpaired) electrons. The third-order valence-corrected chi connectivity index (χ3v) is 4.15. The molecule has 2 amide bonds. The zero-order valence-electron chi connectivity index (χ0n) is 10.5. The molecule has 0 aromatic heterocycles. The van der Waals surface area contributed by atoms with Crippen LogP contribution < -0.4 is 10.2 Å². The van der Waals surface area contributed by atoms with E-state index in [-0.39, 0.29) is 18.4 Å². The normalized spacial score (nSPS) is 21.8. The van der Waals surface area contributed by atoms with E-state index in [2.05, 4.69) is 5.32 Å². The van der Waals surface area contributed by atoms with Crippen LogP contribution in [0.3, 0.4) is 0 Å². The Morgan fingerprint density at radius 3 is 2.63 bits per heavy atom. The number of nitrogens with zero attached hydrogens (tertiary/aromatic N) is 1. The van der Waals surface area contributed by atoms with Crippen LogP contribution in [-0.2, 0) is 9.59 Å². The van der Waals surface area contributed by atoms with E-state index < -0.39 is 5.54 Å². The van der Waals surface area contributed by atoms with Gasteiger partial charge in [0.25, 0.3) is 5.91 Å². The minimum Gasteiger partial charge on any atom is -0.340 e. The molecule has 1 aliphatic carbocycles. The lowest BCUT2D eigenvalue weighted by Gasteiger charge is -2.39. The first-order valence-corrected chi connectivity index (χ1v) is 6.87. The molecule has 1 aromatic carbocycles. The Morgan fingerprint density at radius 1 is 1.21 bits per heavy atom. The van der Waals surface area contributed by atoms with Gasteiger partial charge in [-0.15, -0.1) is 0 Å². The molecule has 1 saturated carbocycles. The number of hydrogen-bond donors (Lipinski definition) is 1. The second kappa shape index (κ2) is 4.53. The molecule has 0 bridgehead atoms. The van der Waals surface area contributed by atoms with Crippen LogP contribution in [0.25, 0.3) is 0 Å². The third kappa shape index (κ3) is 2.10. The summed E-state index contributed by atoms with van der Waals surface area (Å²) in [5.74, 6) is -0.103. The monoisotopic (exact) mass is 278 g/mol. The Bertz CT molecular complexity index is 538. The summed E-state index contributed by atoms with van der Waals surface area (Å²) < 4.78 is 0. The molecule has 3 rings (SSSR count). The number of carbonyl (C=O) groups is 2. The number of rotatable bonds is 1. The first kappa shape index (κ1) is 12.5. The second-order valence-corrected chi connectivity index (χ2v) is 5.64. The Morgan fingerprint density at radius 2 is 1.95 bits per heavy atom. The van der Waals surface area contributed by atoms with Crippen molar-refractivity contribution >= 4 is 29.1 Å². The highest BCUT2D eigenvalue weighted by atomic mass is 35.5. The van der Waals surface area contributed by atoms with Gasteiger partial charge in [0.2, 0.25) is 5.91 Å². The van der Waals surface area contributed by atoms with Gasteiger partial charge in [0.05, 0.1) is 0 Å². The molecular weight excluding hydrogens is 264 g/mol. The molecule has 1 aromatic rings. The van der Waals surface area contributed by atoms with Crippen LogP contribution >= 0.6 is 11.6 Å². The van der Waals surface area contributed by atoms with Crippen molar-refractivity contribution < 1.29 is 9.59 Å². The summed E-state index contributed by atoms with van der Waals surface area (Å²) >= 11 is 5.96. The molecular formula is C14H15ClN2O2. The zero-order chi connectivity index (χ0) is 13.5. The molecule has 0 unspecified atom stereocenters. The van der Waals surface area contributed by atoms with Gasteiger partial charge in [-0.25, -0.2) is 0 Å². The number of amides is 2. The number of carbonyl (C=O) groups excluding carboxylic acids is 2. The summed E-state index contributed by atoms with van der Waals surface area (Å²) in [6.07, 6.45) is 3.42. The van der Waals surface area contributed by atoms with E-state index in [0.29, 0.717) is 10.7 Å². The Labute approximate surface area is 116 Å². The highest BCUT2D eigenvalue weighted by molar-refractivity contribution is 6.31. The third-order valence-electron chi connectivity index (χ3n) is 3.91. The smallest absolute Gasteiger partial charge is 0.253 e. The SMILES string of the molecule is O=C1CN(c2cccc(Cl)c2)C(=O)C2(CCCC2)N1. The van der Waals surface area contributed by atoms with E-state index in [4.69, 9.17) is 11.6 Å². The predicted molar refractivity (Wildman–Crippen MR) is 73.1 cm³/mol. The van der Waals surface area contributed by atoms with Crippen LogP contribution in [0.4, 0.5) is 5.69 Å². The predicted octanol–water partition coefficient (Wildman–Crippen LogP) is 2.12. The van der Waals surface area contributed by atoms with Gasteiger partial charge in [-0.1, -0.05) is 30.5 Å². The first-order chi connectivity index (χ1) is 9.11. The van der Waals surface area contributed by atoms with Gasteiger partial charge in [0.15, 0.2) is 0 Å². The Kier molecular flexibility index (Phi) is 2.97. The lowest BCUT2D eigenvalue weighted by Crippen LogP contribution is -2.65. The van der Waals surface area contributed by atoms with Crippen LogP contribution in [0.5, 0.6) is 0 Å². The molecule has 1 saturated heterocycles. The standard InChI is InChI=1S/C14H15ClN2O2/c15-10-4-3-5-11(8-10)17-9-12(18)16-14(13(17)19)6-1-2-7-14/h3-5,8H,1-2,6-7,9H2,(H,16,18). The maximum Gasteiger partial charge on any atom is 0.253 e. The quantitative estimate of drug-likeness (QED) is 0.855.